The SMILES string of the molecule is Cc1ccnc(NC(=O)C2CCN(C(=O)C3CC(=O)N(c4cccc(Cl)c4)C3)CC2)c1. The maximum atomic E-state index is 13.0. The van der Waals surface area contributed by atoms with Gasteiger partial charge >= 0.3 is 0 Å². The second kappa shape index (κ2) is 9.06. The minimum Gasteiger partial charge on any atom is -0.342 e. The van der Waals surface area contributed by atoms with Crippen LogP contribution in [0.3, 0.4) is 0 Å². The van der Waals surface area contributed by atoms with E-state index in [2.05, 4.69) is 10.3 Å². The van der Waals surface area contributed by atoms with Crippen LogP contribution >= 0.6 is 11.6 Å². The average molecular weight is 441 g/mol. The van der Waals surface area contributed by atoms with Crippen LogP contribution in [0.25, 0.3) is 0 Å². The van der Waals surface area contributed by atoms with Gasteiger partial charge in [-0.1, -0.05) is 17.7 Å². The molecule has 0 bridgehead atoms. The normalized spacial score (nSPS) is 19.5. The predicted octanol–water partition coefficient (Wildman–Crippen LogP) is 3.27. The monoisotopic (exact) mass is 440 g/mol. The molecule has 1 N–H and O–H groups in total. The number of halogens is 1. The summed E-state index contributed by atoms with van der Waals surface area (Å²) in [6, 6.07) is 10.8. The number of nitrogens with one attached hydrogen (secondary N) is 1. The number of anilines is 2. The lowest BCUT2D eigenvalue weighted by Crippen LogP contribution is -2.44. The van der Waals surface area contributed by atoms with Crippen LogP contribution in [0.1, 0.15) is 24.8 Å². The smallest absolute Gasteiger partial charge is 0.228 e. The Morgan fingerprint density at radius 3 is 2.61 bits per heavy atom. The van der Waals surface area contributed by atoms with E-state index in [1.165, 1.54) is 0 Å². The molecule has 31 heavy (non-hydrogen) atoms. The largest absolute Gasteiger partial charge is 0.342 e. The highest BCUT2D eigenvalue weighted by Gasteiger charge is 2.38. The van der Waals surface area contributed by atoms with Gasteiger partial charge in [-0.3, -0.25) is 14.4 Å². The van der Waals surface area contributed by atoms with E-state index in [0.717, 1.165) is 5.56 Å². The number of hydrogen-bond acceptors (Lipinski definition) is 4. The van der Waals surface area contributed by atoms with Crippen LogP contribution in [0, 0.1) is 18.8 Å². The molecule has 1 atom stereocenters. The summed E-state index contributed by atoms with van der Waals surface area (Å²) in [6.45, 7) is 3.33. The third kappa shape index (κ3) is 4.88. The van der Waals surface area contributed by atoms with Crippen molar-refractivity contribution in [2.75, 3.05) is 29.9 Å². The number of amides is 3. The van der Waals surface area contributed by atoms with E-state index in [9.17, 15) is 14.4 Å². The zero-order valence-corrected chi connectivity index (χ0v) is 18.1. The summed E-state index contributed by atoms with van der Waals surface area (Å²) >= 11 is 6.04. The number of aryl methyl sites for hydroxylation is 1. The van der Waals surface area contributed by atoms with Gasteiger partial charge in [0.2, 0.25) is 17.7 Å². The summed E-state index contributed by atoms with van der Waals surface area (Å²) in [7, 11) is 0. The topological polar surface area (TPSA) is 82.6 Å². The molecule has 0 radical (unpaired) electrons. The zero-order chi connectivity index (χ0) is 22.0. The fourth-order valence-corrected chi connectivity index (χ4v) is 4.40. The number of nitrogens with zero attached hydrogens (tertiary/aromatic N) is 3. The van der Waals surface area contributed by atoms with Gasteiger partial charge < -0.3 is 15.1 Å². The molecule has 0 aliphatic carbocycles. The van der Waals surface area contributed by atoms with Crippen molar-refractivity contribution in [3.8, 4) is 0 Å². The van der Waals surface area contributed by atoms with Gasteiger partial charge in [0.25, 0.3) is 0 Å². The number of carbonyl (C=O) groups is 3. The Balaban J connectivity index is 1.31. The number of carbonyl (C=O) groups excluding carboxylic acids is 3. The van der Waals surface area contributed by atoms with Crippen molar-refractivity contribution in [3.63, 3.8) is 0 Å². The Morgan fingerprint density at radius 2 is 1.90 bits per heavy atom. The lowest BCUT2D eigenvalue weighted by Gasteiger charge is -2.32. The minimum atomic E-state index is -0.367. The number of hydrogen-bond donors (Lipinski definition) is 1. The summed E-state index contributed by atoms with van der Waals surface area (Å²) in [5.41, 5.74) is 1.75. The molecular formula is C23H25ClN4O3. The van der Waals surface area contributed by atoms with Gasteiger partial charge in [-0.2, -0.15) is 0 Å². The highest BCUT2D eigenvalue weighted by atomic mass is 35.5. The molecule has 4 rings (SSSR count). The zero-order valence-electron chi connectivity index (χ0n) is 17.4. The Kier molecular flexibility index (Phi) is 6.23. The molecule has 162 valence electrons. The van der Waals surface area contributed by atoms with E-state index in [0.29, 0.717) is 49.0 Å². The summed E-state index contributed by atoms with van der Waals surface area (Å²) in [5, 5.41) is 3.43. The maximum Gasteiger partial charge on any atom is 0.228 e. The summed E-state index contributed by atoms with van der Waals surface area (Å²) in [5.74, 6) is -0.118. The molecular weight excluding hydrogens is 416 g/mol. The number of aromatic nitrogens is 1. The molecule has 0 saturated carbocycles. The van der Waals surface area contributed by atoms with Crippen molar-refractivity contribution < 1.29 is 14.4 Å². The average Bonchev–Trinajstić information content (AvgIpc) is 3.15. The first-order chi connectivity index (χ1) is 14.9. The molecule has 3 amide bonds. The lowest BCUT2D eigenvalue weighted by atomic mass is 9.94. The van der Waals surface area contributed by atoms with E-state index < -0.39 is 0 Å². The second-order valence-electron chi connectivity index (χ2n) is 8.19. The molecule has 8 heteroatoms. The fraction of sp³-hybridized carbons (Fsp3) is 0.391. The van der Waals surface area contributed by atoms with Crippen molar-refractivity contribution >= 4 is 40.8 Å². The van der Waals surface area contributed by atoms with E-state index in [-0.39, 0.29) is 36.0 Å². The first kappa shape index (κ1) is 21.3. The van der Waals surface area contributed by atoms with Crippen molar-refractivity contribution in [1.82, 2.24) is 9.88 Å². The van der Waals surface area contributed by atoms with Crippen molar-refractivity contribution in [2.24, 2.45) is 11.8 Å². The second-order valence-corrected chi connectivity index (χ2v) is 8.63. The molecule has 2 aromatic rings. The van der Waals surface area contributed by atoms with Crippen LogP contribution in [0.5, 0.6) is 0 Å². The molecule has 2 saturated heterocycles. The van der Waals surface area contributed by atoms with Gasteiger partial charge in [0.05, 0.1) is 5.92 Å². The van der Waals surface area contributed by atoms with Crippen LogP contribution < -0.4 is 10.2 Å². The van der Waals surface area contributed by atoms with Crippen molar-refractivity contribution in [3.05, 3.63) is 53.2 Å². The van der Waals surface area contributed by atoms with Crippen LogP contribution in [0.2, 0.25) is 5.02 Å². The lowest BCUT2D eigenvalue weighted by molar-refractivity contribution is -0.138. The summed E-state index contributed by atoms with van der Waals surface area (Å²) < 4.78 is 0. The van der Waals surface area contributed by atoms with E-state index in [4.69, 9.17) is 11.6 Å². The maximum absolute atomic E-state index is 13.0. The Morgan fingerprint density at radius 1 is 1.13 bits per heavy atom. The summed E-state index contributed by atoms with van der Waals surface area (Å²) in [6.07, 6.45) is 3.07. The molecule has 2 aliphatic heterocycles. The molecule has 2 fully saturated rings. The van der Waals surface area contributed by atoms with Gasteiger partial charge in [0, 0.05) is 48.9 Å². The fourth-order valence-electron chi connectivity index (χ4n) is 4.22. The quantitative estimate of drug-likeness (QED) is 0.790. The van der Waals surface area contributed by atoms with Gasteiger partial charge in [0.15, 0.2) is 0 Å². The number of likely N-dealkylation sites (tertiary alicyclic amines) is 1. The standard InChI is InChI=1S/C23H25ClN4O3/c1-15-5-8-25-20(11-15)26-22(30)16-6-9-27(10-7-16)23(31)17-12-21(29)28(14-17)19-4-2-3-18(24)13-19/h2-5,8,11,13,16-17H,6-7,9-10,12,14H2,1H3,(H,25,26,30). The molecule has 3 heterocycles. The van der Waals surface area contributed by atoms with Crippen molar-refractivity contribution in [1.29, 1.82) is 0 Å². The third-order valence-electron chi connectivity index (χ3n) is 5.94. The van der Waals surface area contributed by atoms with Crippen LogP contribution in [0.15, 0.2) is 42.6 Å². The van der Waals surface area contributed by atoms with Crippen LogP contribution in [-0.4, -0.2) is 47.2 Å². The molecule has 0 spiro atoms. The highest BCUT2D eigenvalue weighted by molar-refractivity contribution is 6.31. The molecule has 1 aromatic carbocycles. The van der Waals surface area contributed by atoms with Gasteiger partial charge in [-0.05, 0) is 55.7 Å². The molecule has 7 nitrogen and oxygen atoms in total. The van der Waals surface area contributed by atoms with Crippen molar-refractivity contribution in [2.45, 2.75) is 26.2 Å². The first-order valence-electron chi connectivity index (χ1n) is 10.5. The van der Waals surface area contributed by atoms with E-state index in [1.807, 2.05) is 25.1 Å². The Labute approximate surface area is 186 Å². The molecule has 2 aliphatic rings. The Bertz CT molecular complexity index is 1000. The van der Waals surface area contributed by atoms with Crippen LogP contribution in [-0.2, 0) is 14.4 Å². The number of piperidine rings is 1. The van der Waals surface area contributed by atoms with E-state index >= 15 is 0 Å². The number of pyridine rings is 1. The minimum absolute atomic E-state index is 0.0166. The third-order valence-corrected chi connectivity index (χ3v) is 6.17. The predicted molar refractivity (Wildman–Crippen MR) is 119 cm³/mol. The van der Waals surface area contributed by atoms with Crippen LogP contribution in [0.4, 0.5) is 11.5 Å². The Hall–Kier alpha value is -2.93. The van der Waals surface area contributed by atoms with Gasteiger partial charge in [-0.15, -0.1) is 0 Å². The first-order valence-corrected chi connectivity index (χ1v) is 10.9. The van der Waals surface area contributed by atoms with Gasteiger partial charge in [0.1, 0.15) is 5.82 Å². The number of benzene rings is 1. The molecule has 1 unspecified atom stereocenters. The van der Waals surface area contributed by atoms with E-state index in [1.54, 1.807) is 34.2 Å². The number of rotatable bonds is 4. The summed E-state index contributed by atoms with van der Waals surface area (Å²) in [4.78, 5) is 45.6. The van der Waals surface area contributed by atoms with Gasteiger partial charge in [-0.25, -0.2) is 4.98 Å². The highest BCUT2D eigenvalue weighted by Crippen LogP contribution is 2.29. The molecule has 1 aromatic heterocycles.